The van der Waals surface area contributed by atoms with Crippen LogP contribution in [-0.2, 0) is 6.54 Å². The Morgan fingerprint density at radius 2 is 1.72 bits per heavy atom. The molecule has 0 aromatic heterocycles. The topological polar surface area (TPSA) is 60.0 Å². The monoisotopic (exact) mass is 344 g/mol. The highest BCUT2D eigenvalue weighted by Gasteiger charge is 2.14. The van der Waals surface area contributed by atoms with E-state index in [4.69, 9.17) is 14.2 Å². The zero-order chi connectivity index (χ0) is 18.1. The van der Waals surface area contributed by atoms with Gasteiger partial charge in [-0.15, -0.1) is 0 Å². The van der Waals surface area contributed by atoms with Crippen molar-refractivity contribution in [2.24, 2.45) is 0 Å². The number of carbonyl (C=O) groups is 1. The quantitative estimate of drug-likeness (QED) is 0.800. The zero-order valence-electron chi connectivity index (χ0n) is 14.8. The van der Waals surface area contributed by atoms with Crippen molar-refractivity contribution in [2.75, 3.05) is 34.4 Å². The van der Waals surface area contributed by atoms with Crippen LogP contribution in [0.15, 0.2) is 48.5 Å². The summed E-state index contributed by atoms with van der Waals surface area (Å²) in [7, 11) is 4.76. The molecule has 0 radical (unpaired) electrons. The number of methoxy groups -OCH3 is 2. The fraction of sp³-hybridized carbons (Fsp3) is 0.316. The highest BCUT2D eigenvalue weighted by atomic mass is 16.5. The number of benzene rings is 2. The molecule has 2 aromatic carbocycles. The second kappa shape index (κ2) is 9.42. The minimum atomic E-state index is -0.148. The van der Waals surface area contributed by atoms with E-state index in [0.717, 1.165) is 5.56 Å². The number of rotatable bonds is 8. The van der Waals surface area contributed by atoms with Crippen molar-refractivity contribution in [2.45, 2.75) is 6.54 Å². The molecule has 0 aliphatic rings. The maximum atomic E-state index is 12.1. The largest absolute Gasteiger partial charge is 0.493 e. The summed E-state index contributed by atoms with van der Waals surface area (Å²) in [5, 5.41) is 2.66. The van der Waals surface area contributed by atoms with Crippen molar-refractivity contribution in [1.82, 2.24) is 10.2 Å². The molecule has 0 aliphatic heterocycles. The molecular weight excluding hydrogens is 320 g/mol. The average molecular weight is 344 g/mol. The third-order valence-electron chi connectivity index (χ3n) is 3.70. The maximum absolute atomic E-state index is 12.1. The molecule has 0 aliphatic carbocycles. The minimum absolute atomic E-state index is 0.148. The Bertz CT molecular complexity index is 676. The van der Waals surface area contributed by atoms with E-state index in [2.05, 4.69) is 5.32 Å². The van der Waals surface area contributed by atoms with E-state index in [0.29, 0.717) is 36.9 Å². The molecule has 0 saturated carbocycles. The smallest absolute Gasteiger partial charge is 0.317 e. The van der Waals surface area contributed by atoms with Gasteiger partial charge in [-0.1, -0.05) is 36.4 Å². The van der Waals surface area contributed by atoms with Crippen molar-refractivity contribution in [1.29, 1.82) is 0 Å². The van der Waals surface area contributed by atoms with Gasteiger partial charge in [0, 0.05) is 13.6 Å². The van der Waals surface area contributed by atoms with Crippen LogP contribution in [0.1, 0.15) is 5.56 Å². The number of hydrogen-bond donors (Lipinski definition) is 1. The third-order valence-corrected chi connectivity index (χ3v) is 3.70. The highest BCUT2D eigenvalue weighted by molar-refractivity contribution is 5.73. The van der Waals surface area contributed by atoms with Crippen molar-refractivity contribution in [3.63, 3.8) is 0 Å². The van der Waals surface area contributed by atoms with Gasteiger partial charge in [0.2, 0.25) is 5.75 Å². The van der Waals surface area contributed by atoms with Crippen LogP contribution in [-0.4, -0.2) is 45.3 Å². The van der Waals surface area contributed by atoms with Crippen LogP contribution in [0.2, 0.25) is 0 Å². The van der Waals surface area contributed by atoms with Crippen molar-refractivity contribution in [3.05, 3.63) is 54.1 Å². The van der Waals surface area contributed by atoms with Gasteiger partial charge in [-0.05, 0) is 17.7 Å². The minimum Gasteiger partial charge on any atom is -0.493 e. The predicted molar refractivity (Wildman–Crippen MR) is 96.3 cm³/mol. The van der Waals surface area contributed by atoms with Gasteiger partial charge in [-0.25, -0.2) is 4.79 Å². The third kappa shape index (κ3) is 5.04. The molecule has 0 saturated heterocycles. The van der Waals surface area contributed by atoms with Crippen LogP contribution in [0.4, 0.5) is 4.79 Å². The molecule has 1 N–H and O–H groups in total. The van der Waals surface area contributed by atoms with E-state index in [9.17, 15) is 4.79 Å². The average Bonchev–Trinajstić information content (AvgIpc) is 2.67. The molecule has 0 unspecified atom stereocenters. The summed E-state index contributed by atoms with van der Waals surface area (Å²) in [6.07, 6.45) is 0. The molecule has 0 atom stereocenters. The molecule has 2 rings (SSSR count). The molecule has 0 bridgehead atoms. The van der Waals surface area contributed by atoms with Crippen LogP contribution in [0, 0.1) is 0 Å². The highest BCUT2D eigenvalue weighted by Crippen LogP contribution is 2.36. The molecule has 6 nitrogen and oxygen atoms in total. The number of urea groups is 1. The Morgan fingerprint density at radius 3 is 2.36 bits per heavy atom. The standard InChI is InChI=1S/C19H24N2O4/c1-20-19(22)21(14-15-8-5-4-6-9-15)12-13-25-17-11-7-10-16(23-2)18(17)24-3/h4-11H,12-14H2,1-3H3,(H,20,22). The first-order chi connectivity index (χ1) is 12.2. The van der Waals surface area contributed by atoms with Crippen molar-refractivity contribution >= 4 is 6.03 Å². The van der Waals surface area contributed by atoms with Crippen LogP contribution in [0.5, 0.6) is 17.2 Å². The fourth-order valence-electron chi connectivity index (χ4n) is 2.45. The number of hydrogen-bond acceptors (Lipinski definition) is 4. The summed E-state index contributed by atoms with van der Waals surface area (Å²) >= 11 is 0. The first kappa shape index (κ1) is 18.4. The number of nitrogens with zero attached hydrogens (tertiary/aromatic N) is 1. The van der Waals surface area contributed by atoms with Crippen molar-refractivity contribution < 1.29 is 19.0 Å². The first-order valence-electron chi connectivity index (χ1n) is 8.04. The molecule has 0 fully saturated rings. The molecule has 0 heterocycles. The van der Waals surface area contributed by atoms with Gasteiger partial charge in [-0.2, -0.15) is 0 Å². The predicted octanol–water partition coefficient (Wildman–Crippen LogP) is 2.92. The van der Waals surface area contributed by atoms with Gasteiger partial charge in [0.05, 0.1) is 20.8 Å². The van der Waals surface area contributed by atoms with Crippen LogP contribution in [0.25, 0.3) is 0 Å². The van der Waals surface area contributed by atoms with Gasteiger partial charge in [0.15, 0.2) is 11.5 Å². The summed E-state index contributed by atoms with van der Waals surface area (Å²) in [5.74, 6) is 1.73. The first-order valence-corrected chi connectivity index (χ1v) is 8.04. The van der Waals surface area contributed by atoms with E-state index >= 15 is 0 Å². The van der Waals surface area contributed by atoms with Crippen LogP contribution in [0.3, 0.4) is 0 Å². The van der Waals surface area contributed by atoms with E-state index in [1.54, 1.807) is 32.2 Å². The van der Waals surface area contributed by atoms with Crippen LogP contribution >= 0.6 is 0 Å². The van der Waals surface area contributed by atoms with Gasteiger partial charge >= 0.3 is 6.03 Å². The molecular formula is C19H24N2O4. The van der Waals surface area contributed by atoms with Gasteiger partial charge in [0.25, 0.3) is 0 Å². The van der Waals surface area contributed by atoms with Gasteiger partial charge in [-0.3, -0.25) is 0 Å². The van der Waals surface area contributed by atoms with E-state index in [1.807, 2.05) is 42.5 Å². The Balaban J connectivity index is 2.00. The Labute approximate surface area is 148 Å². The lowest BCUT2D eigenvalue weighted by Gasteiger charge is -2.23. The lowest BCUT2D eigenvalue weighted by molar-refractivity contribution is 0.179. The lowest BCUT2D eigenvalue weighted by Crippen LogP contribution is -2.40. The summed E-state index contributed by atoms with van der Waals surface area (Å²) in [6.45, 7) is 1.29. The normalized spacial score (nSPS) is 10.0. The Morgan fingerprint density at radius 1 is 1.00 bits per heavy atom. The maximum Gasteiger partial charge on any atom is 0.317 e. The number of amides is 2. The molecule has 2 aromatic rings. The summed E-state index contributed by atoms with van der Waals surface area (Å²) < 4.78 is 16.4. The number of carbonyl (C=O) groups excluding carboxylic acids is 1. The SMILES string of the molecule is CNC(=O)N(CCOc1cccc(OC)c1OC)Cc1ccccc1. The van der Waals surface area contributed by atoms with Crippen LogP contribution < -0.4 is 19.5 Å². The van der Waals surface area contributed by atoms with E-state index < -0.39 is 0 Å². The summed E-state index contributed by atoms with van der Waals surface area (Å²) in [5.41, 5.74) is 1.06. The fourth-order valence-corrected chi connectivity index (χ4v) is 2.45. The summed E-state index contributed by atoms with van der Waals surface area (Å²) in [4.78, 5) is 13.8. The second-order valence-electron chi connectivity index (χ2n) is 5.30. The zero-order valence-corrected chi connectivity index (χ0v) is 14.8. The number of para-hydroxylation sites is 1. The molecule has 0 spiro atoms. The van der Waals surface area contributed by atoms with E-state index in [1.165, 1.54) is 0 Å². The second-order valence-corrected chi connectivity index (χ2v) is 5.30. The number of ether oxygens (including phenoxy) is 3. The lowest BCUT2D eigenvalue weighted by atomic mass is 10.2. The molecule has 25 heavy (non-hydrogen) atoms. The van der Waals surface area contributed by atoms with E-state index in [-0.39, 0.29) is 6.03 Å². The Hall–Kier alpha value is -2.89. The summed E-state index contributed by atoms with van der Waals surface area (Å²) in [6, 6.07) is 15.1. The van der Waals surface area contributed by atoms with Crippen molar-refractivity contribution in [3.8, 4) is 17.2 Å². The molecule has 6 heteroatoms. The number of nitrogens with one attached hydrogen (secondary N) is 1. The van der Waals surface area contributed by atoms with Gasteiger partial charge in [0.1, 0.15) is 6.61 Å². The molecule has 2 amide bonds. The Kier molecular flexibility index (Phi) is 6.95. The van der Waals surface area contributed by atoms with Gasteiger partial charge < -0.3 is 24.4 Å². The molecule has 134 valence electrons.